The van der Waals surface area contributed by atoms with Crippen LogP contribution in [0.2, 0.25) is 0 Å². The van der Waals surface area contributed by atoms with Gasteiger partial charge in [0.2, 0.25) is 0 Å². The Morgan fingerprint density at radius 2 is 1.93 bits per heavy atom. The minimum atomic E-state index is -1.55. The van der Waals surface area contributed by atoms with Gasteiger partial charge in [0.25, 0.3) is 12.2 Å². The molecule has 8 nitrogen and oxygen atoms in total. The van der Waals surface area contributed by atoms with Crippen LogP contribution in [0, 0.1) is 10.1 Å². The molecule has 2 aromatic rings. The average molecular weight is 405 g/mol. The van der Waals surface area contributed by atoms with E-state index in [4.69, 9.17) is 9.47 Å². The molecule has 0 aliphatic heterocycles. The molecule has 0 radical (unpaired) electrons. The van der Waals surface area contributed by atoms with Crippen molar-refractivity contribution >= 4 is 29.9 Å². The standard InChI is InChI=1S/C19H19NO7S/c1-2-11-26-19(23)17(22)18(13-7-9-14(10-8-13)27-12-21)28-16-6-4-3-5-15(16)20(24)25/h3-10,12,17-18,22H,2,11H2,1H3/t17-,18+/m1/s1. The maximum Gasteiger partial charge on any atom is 0.336 e. The molecule has 0 saturated carbocycles. The van der Waals surface area contributed by atoms with Gasteiger partial charge < -0.3 is 14.6 Å². The number of hydrogen-bond acceptors (Lipinski definition) is 8. The summed E-state index contributed by atoms with van der Waals surface area (Å²) in [6.07, 6.45) is -0.952. The first-order valence-corrected chi connectivity index (χ1v) is 9.31. The van der Waals surface area contributed by atoms with Crippen molar-refractivity contribution in [2.75, 3.05) is 6.61 Å². The summed E-state index contributed by atoms with van der Waals surface area (Å²) in [7, 11) is 0. The van der Waals surface area contributed by atoms with Gasteiger partial charge in [-0.1, -0.05) is 31.2 Å². The van der Waals surface area contributed by atoms with E-state index in [9.17, 15) is 24.8 Å². The van der Waals surface area contributed by atoms with Crippen LogP contribution >= 0.6 is 11.8 Å². The minimum Gasteiger partial charge on any atom is -0.464 e. The lowest BCUT2D eigenvalue weighted by molar-refractivity contribution is -0.387. The molecule has 0 aliphatic carbocycles. The molecule has 2 aromatic carbocycles. The number of nitrogens with zero attached hydrogens (tertiary/aromatic N) is 1. The molecule has 2 rings (SSSR count). The number of carbonyl (C=O) groups is 2. The summed E-state index contributed by atoms with van der Waals surface area (Å²) in [5.74, 6) is -0.526. The minimum absolute atomic E-state index is 0.132. The molecule has 148 valence electrons. The zero-order chi connectivity index (χ0) is 20.5. The molecule has 0 fully saturated rings. The monoisotopic (exact) mass is 405 g/mol. The summed E-state index contributed by atoms with van der Waals surface area (Å²) in [4.78, 5) is 33.7. The lowest BCUT2D eigenvalue weighted by Gasteiger charge is -2.22. The number of aliphatic hydroxyl groups is 1. The van der Waals surface area contributed by atoms with E-state index in [2.05, 4.69) is 0 Å². The fraction of sp³-hybridized carbons (Fsp3) is 0.263. The molecular weight excluding hydrogens is 386 g/mol. The first-order chi connectivity index (χ1) is 13.5. The number of hydrogen-bond donors (Lipinski definition) is 1. The van der Waals surface area contributed by atoms with Gasteiger partial charge in [-0.2, -0.15) is 0 Å². The molecule has 0 aliphatic rings. The summed E-state index contributed by atoms with van der Waals surface area (Å²) < 4.78 is 9.77. The smallest absolute Gasteiger partial charge is 0.336 e. The first-order valence-electron chi connectivity index (χ1n) is 8.43. The molecule has 0 bridgehead atoms. The second-order valence-corrected chi connectivity index (χ2v) is 6.84. The molecule has 0 amide bonds. The van der Waals surface area contributed by atoms with E-state index in [1.807, 2.05) is 6.92 Å². The maximum atomic E-state index is 12.2. The van der Waals surface area contributed by atoms with E-state index in [-0.39, 0.29) is 24.5 Å². The van der Waals surface area contributed by atoms with E-state index in [0.29, 0.717) is 16.9 Å². The quantitative estimate of drug-likeness (QED) is 0.210. The van der Waals surface area contributed by atoms with Crippen LogP contribution in [-0.4, -0.2) is 35.2 Å². The van der Waals surface area contributed by atoms with Gasteiger partial charge in [-0.3, -0.25) is 14.9 Å². The average Bonchev–Trinajstić information content (AvgIpc) is 2.71. The van der Waals surface area contributed by atoms with E-state index < -0.39 is 22.2 Å². The van der Waals surface area contributed by atoms with Crippen molar-refractivity contribution in [2.24, 2.45) is 0 Å². The second-order valence-electron chi connectivity index (χ2n) is 5.66. The molecule has 0 aromatic heterocycles. The Hall–Kier alpha value is -2.91. The largest absolute Gasteiger partial charge is 0.464 e. The fourth-order valence-corrected chi connectivity index (χ4v) is 3.59. The van der Waals surface area contributed by atoms with Crippen molar-refractivity contribution in [2.45, 2.75) is 29.6 Å². The number of rotatable bonds is 10. The highest BCUT2D eigenvalue weighted by Crippen LogP contribution is 2.42. The van der Waals surface area contributed by atoms with Crippen molar-refractivity contribution in [1.82, 2.24) is 0 Å². The summed E-state index contributed by atoms with van der Waals surface area (Å²) in [5.41, 5.74) is 0.384. The van der Waals surface area contributed by atoms with Crippen LogP contribution in [-0.2, 0) is 14.3 Å². The topological polar surface area (TPSA) is 116 Å². The SMILES string of the molecule is CCCOC(=O)[C@H](O)[C@@H](Sc1ccccc1[N+](=O)[O-])c1ccc(OC=O)cc1. The third-order valence-electron chi connectivity index (χ3n) is 3.69. The second kappa shape index (κ2) is 10.4. The molecular formula is C19H19NO7S. The van der Waals surface area contributed by atoms with E-state index in [0.717, 1.165) is 11.8 Å². The van der Waals surface area contributed by atoms with E-state index in [1.165, 1.54) is 24.3 Å². The zero-order valence-corrected chi connectivity index (χ0v) is 15.8. The highest BCUT2D eigenvalue weighted by molar-refractivity contribution is 7.99. The Kier molecular flexibility index (Phi) is 7.97. The van der Waals surface area contributed by atoms with Crippen LogP contribution in [0.25, 0.3) is 0 Å². The molecule has 2 atom stereocenters. The van der Waals surface area contributed by atoms with Crippen molar-refractivity contribution in [3.05, 3.63) is 64.2 Å². The van der Waals surface area contributed by atoms with Crippen molar-refractivity contribution in [3.63, 3.8) is 0 Å². The number of nitro groups is 1. The summed E-state index contributed by atoms with van der Waals surface area (Å²) in [6, 6.07) is 12.2. The highest BCUT2D eigenvalue weighted by Gasteiger charge is 2.32. The number of thioether (sulfide) groups is 1. The number of nitro benzene ring substituents is 1. The number of para-hydroxylation sites is 1. The van der Waals surface area contributed by atoms with Gasteiger partial charge in [0.05, 0.1) is 21.7 Å². The molecule has 0 spiro atoms. The third-order valence-corrected chi connectivity index (χ3v) is 5.07. The number of aliphatic hydroxyl groups excluding tert-OH is 1. The van der Waals surface area contributed by atoms with Crippen molar-refractivity contribution < 1.29 is 29.1 Å². The van der Waals surface area contributed by atoms with Crippen LogP contribution < -0.4 is 4.74 Å². The van der Waals surface area contributed by atoms with Crippen LogP contribution in [0.1, 0.15) is 24.2 Å². The molecule has 0 heterocycles. The lowest BCUT2D eigenvalue weighted by atomic mass is 10.1. The molecule has 1 N–H and O–H groups in total. The predicted octanol–water partition coefficient (Wildman–Crippen LogP) is 3.28. The summed E-state index contributed by atoms with van der Waals surface area (Å²) in [5, 5.41) is 21.0. The third kappa shape index (κ3) is 5.54. The van der Waals surface area contributed by atoms with Gasteiger partial charge in [0, 0.05) is 6.07 Å². The van der Waals surface area contributed by atoms with Gasteiger partial charge in [-0.05, 0) is 30.2 Å². The van der Waals surface area contributed by atoms with Crippen LogP contribution in [0.3, 0.4) is 0 Å². The molecule has 0 saturated heterocycles. The van der Waals surface area contributed by atoms with Crippen molar-refractivity contribution in [3.8, 4) is 5.75 Å². The van der Waals surface area contributed by atoms with Gasteiger partial charge in [0.1, 0.15) is 5.75 Å². The Bertz CT molecular complexity index is 825. The predicted molar refractivity (Wildman–Crippen MR) is 102 cm³/mol. The first kappa shape index (κ1) is 21.4. The van der Waals surface area contributed by atoms with E-state index >= 15 is 0 Å². The van der Waals surface area contributed by atoms with Crippen LogP contribution in [0.15, 0.2) is 53.4 Å². The Labute approximate surface area is 165 Å². The maximum absolute atomic E-state index is 12.2. The summed E-state index contributed by atoms with van der Waals surface area (Å²) >= 11 is 0.983. The van der Waals surface area contributed by atoms with Gasteiger partial charge in [0.15, 0.2) is 6.10 Å². The molecule has 28 heavy (non-hydrogen) atoms. The van der Waals surface area contributed by atoms with Gasteiger partial charge in [-0.15, -0.1) is 11.8 Å². The van der Waals surface area contributed by atoms with Crippen LogP contribution in [0.4, 0.5) is 5.69 Å². The Morgan fingerprint density at radius 3 is 2.54 bits per heavy atom. The van der Waals surface area contributed by atoms with E-state index in [1.54, 1.807) is 24.3 Å². The zero-order valence-electron chi connectivity index (χ0n) is 15.0. The number of esters is 1. The Morgan fingerprint density at radius 1 is 1.25 bits per heavy atom. The number of benzene rings is 2. The summed E-state index contributed by atoms with van der Waals surface area (Å²) in [6.45, 7) is 2.27. The molecule has 0 unspecified atom stereocenters. The Balaban J connectivity index is 2.37. The van der Waals surface area contributed by atoms with Crippen molar-refractivity contribution in [1.29, 1.82) is 0 Å². The normalized spacial score (nSPS) is 12.6. The number of ether oxygens (including phenoxy) is 2. The van der Waals surface area contributed by atoms with Gasteiger partial charge >= 0.3 is 5.97 Å². The number of carbonyl (C=O) groups excluding carboxylic acids is 2. The van der Waals surface area contributed by atoms with Crippen LogP contribution in [0.5, 0.6) is 5.75 Å². The highest BCUT2D eigenvalue weighted by atomic mass is 32.2. The molecule has 9 heteroatoms. The fourth-order valence-electron chi connectivity index (χ4n) is 2.36. The van der Waals surface area contributed by atoms with Gasteiger partial charge in [-0.25, -0.2) is 4.79 Å². The lowest BCUT2D eigenvalue weighted by Crippen LogP contribution is -2.28.